The minimum absolute atomic E-state index is 0.181. The summed E-state index contributed by atoms with van der Waals surface area (Å²) >= 11 is 0. The van der Waals surface area contributed by atoms with Gasteiger partial charge in [-0.15, -0.1) is 0 Å². The van der Waals surface area contributed by atoms with E-state index in [1.807, 2.05) is 19.2 Å². The first-order valence-corrected chi connectivity index (χ1v) is 6.68. The van der Waals surface area contributed by atoms with Gasteiger partial charge in [-0.1, -0.05) is 12.1 Å². The van der Waals surface area contributed by atoms with Crippen LogP contribution in [0.15, 0.2) is 18.2 Å². The predicted molar refractivity (Wildman–Crippen MR) is 76.2 cm³/mol. The number of nitrogens with zero attached hydrogens (tertiary/aromatic N) is 1. The standard InChI is InChI=1S/C15H22N2O2/c1-15(2,19)10-16-9-11-4-6-13-12(8-11)5-7-14(18)17(13)3/h4,6,8,16,19H,5,7,9-10H2,1-3H3. The average molecular weight is 262 g/mol. The fourth-order valence-corrected chi connectivity index (χ4v) is 2.33. The molecular formula is C15H22N2O2. The molecule has 104 valence electrons. The Labute approximate surface area is 114 Å². The monoisotopic (exact) mass is 262 g/mol. The summed E-state index contributed by atoms with van der Waals surface area (Å²) in [5.74, 6) is 0.181. The van der Waals surface area contributed by atoms with Gasteiger partial charge in [0.05, 0.1) is 5.60 Å². The number of carbonyl (C=O) groups excluding carboxylic acids is 1. The van der Waals surface area contributed by atoms with Crippen LogP contribution >= 0.6 is 0 Å². The van der Waals surface area contributed by atoms with Gasteiger partial charge >= 0.3 is 0 Å². The summed E-state index contributed by atoms with van der Waals surface area (Å²) in [5.41, 5.74) is 2.74. The lowest BCUT2D eigenvalue weighted by Crippen LogP contribution is -2.34. The fourth-order valence-electron chi connectivity index (χ4n) is 2.33. The molecule has 1 heterocycles. The fraction of sp³-hybridized carbons (Fsp3) is 0.533. The second kappa shape index (κ2) is 5.31. The quantitative estimate of drug-likeness (QED) is 0.863. The molecule has 0 aliphatic carbocycles. The summed E-state index contributed by atoms with van der Waals surface area (Å²) in [5, 5.41) is 12.9. The Kier molecular flexibility index (Phi) is 3.92. The van der Waals surface area contributed by atoms with Crippen LogP contribution in [0.3, 0.4) is 0 Å². The molecule has 0 spiro atoms. The van der Waals surface area contributed by atoms with Crippen molar-refractivity contribution >= 4 is 11.6 Å². The van der Waals surface area contributed by atoms with E-state index in [4.69, 9.17) is 0 Å². The van der Waals surface area contributed by atoms with Gasteiger partial charge in [-0.3, -0.25) is 4.79 Å². The number of aliphatic hydroxyl groups is 1. The lowest BCUT2D eigenvalue weighted by Gasteiger charge is -2.26. The number of carbonyl (C=O) groups is 1. The van der Waals surface area contributed by atoms with Gasteiger partial charge in [-0.2, -0.15) is 0 Å². The Hall–Kier alpha value is -1.39. The third-order valence-corrected chi connectivity index (χ3v) is 3.37. The van der Waals surface area contributed by atoms with E-state index in [1.165, 1.54) is 11.1 Å². The first kappa shape index (κ1) is 14.0. The van der Waals surface area contributed by atoms with Crippen LogP contribution in [0.1, 0.15) is 31.4 Å². The maximum absolute atomic E-state index is 11.6. The Bertz CT molecular complexity index is 478. The zero-order chi connectivity index (χ0) is 14.0. The van der Waals surface area contributed by atoms with Crippen molar-refractivity contribution in [2.24, 2.45) is 0 Å². The van der Waals surface area contributed by atoms with Crippen LogP contribution in [-0.4, -0.2) is 30.2 Å². The smallest absolute Gasteiger partial charge is 0.227 e. The number of nitrogens with one attached hydrogen (secondary N) is 1. The van der Waals surface area contributed by atoms with Crippen LogP contribution < -0.4 is 10.2 Å². The molecule has 1 amide bonds. The van der Waals surface area contributed by atoms with Crippen molar-refractivity contribution in [3.05, 3.63) is 29.3 Å². The Balaban J connectivity index is 2.03. The van der Waals surface area contributed by atoms with Gasteiger partial charge in [0.1, 0.15) is 0 Å². The number of benzene rings is 1. The van der Waals surface area contributed by atoms with Crippen molar-refractivity contribution in [1.82, 2.24) is 5.32 Å². The van der Waals surface area contributed by atoms with E-state index < -0.39 is 5.60 Å². The Morgan fingerprint density at radius 3 is 2.79 bits per heavy atom. The molecule has 0 bridgehead atoms. The molecule has 0 aromatic heterocycles. The maximum atomic E-state index is 11.6. The van der Waals surface area contributed by atoms with Crippen LogP contribution in [0.4, 0.5) is 5.69 Å². The van der Waals surface area contributed by atoms with Gasteiger partial charge in [-0.05, 0) is 37.5 Å². The second-order valence-electron chi connectivity index (χ2n) is 5.83. The molecule has 1 aromatic carbocycles. The number of hydrogen-bond donors (Lipinski definition) is 2. The largest absolute Gasteiger partial charge is 0.389 e. The zero-order valence-electron chi connectivity index (χ0n) is 11.9. The van der Waals surface area contributed by atoms with Gasteiger partial charge in [0.25, 0.3) is 0 Å². The summed E-state index contributed by atoms with van der Waals surface area (Å²) in [7, 11) is 1.83. The SMILES string of the molecule is CN1C(=O)CCc2cc(CNCC(C)(C)O)ccc21. The van der Waals surface area contributed by atoms with Gasteiger partial charge in [0.2, 0.25) is 5.91 Å². The predicted octanol–water partition coefficient (Wildman–Crippen LogP) is 1.46. The number of amides is 1. The number of fused-ring (bicyclic) bond motifs is 1. The second-order valence-corrected chi connectivity index (χ2v) is 5.83. The molecule has 0 radical (unpaired) electrons. The summed E-state index contributed by atoms with van der Waals surface area (Å²) in [4.78, 5) is 13.3. The Morgan fingerprint density at radius 2 is 2.11 bits per heavy atom. The highest BCUT2D eigenvalue weighted by Gasteiger charge is 2.20. The number of aryl methyl sites for hydroxylation is 1. The highest BCUT2D eigenvalue weighted by Crippen LogP contribution is 2.27. The van der Waals surface area contributed by atoms with E-state index in [1.54, 1.807) is 18.7 Å². The van der Waals surface area contributed by atoms with Crippen LogP contribution in [0, 0.1) is 0 Å². The van der Waals surface area contributed by atoms with E-state index in [0.29, 0.717) is 13.0 Å². The third kappa shape index (κ3) is 3.55. The number of rotatable bonds is 4. The molecule has 19 heavy (non-hydrogen) atoms. The molecular weight excluding hydrogens is 240 g/mol. The van der Waals surface area contributed by atoms with Crippen molar-refractivity contribution in [1.29, 1.82) is 0 Å². The minimum atomic E-state index is -0.694. The van der Waals surface area contributed by atoms with E-state index >= 15 is 0 Å². The third-order valence-electron chi connectivity index (χ3n) is 3.37. The van der Waals surface area contributed by atoms with Crippen molar-refractivity contribution in [3.63, 3.8) is 0 Å². The minimum Gasteiger partial charge on any atom is -0.389 e. The molecule has 4 heteroatoms. The van der Waals surface area contributed by atoms with Gasteiger partial charge < -0.3 is 15.3 Å². The molecule has 1 aromatic rings. The zero-order valence-corrected chi connectivity index (χ0v) is 11.9. The van der Waals surface area contributed by atoms with Crippen LogP contribution in [0.5, 0.6) is 0 Å². The van der Waals surface area contributed by atoms with Crippen molar-refractivity contribution < 1.29 is 9.90 Å². The highest BCUT2D eigenvalue weighted by atomic mass is 16.3. The number of hydrogen-bond acceptors (Lipinski definition) is 3. The van der Waals surface area contributed by atoms with Crippen molar-refractivity contribution in [2.75, 3.05) is 18.5 Å². The first-order chi connectivity index (χ1) is 8.87. The van der Waals surface area contributed by atoms with Gasteiger partial charge in [0.15, 0.2) is 0 Å². The summed E-state index contributed by atoms with van der Waals surface area (Å²) in [6.07, 6.45) is 1.40. The normalized spacial score (nSPS) is 15.6. The van der Waals surface area contributed by atoms with Crippen LogP contribution in [-0.2, 0) is 17.8 Å². The summed E-state index contributed by atoms with van der Waals surface area (Å²) in [6.45, 7) is 4.86. The molecule has 1 aliphatic rings. The molecule has 4 nitrogen and oxygen atoms in total. The van der Waals surface area contributed by atoms with Crippen molar-refractivity contribution in [3.8, 4) is 0 Å². The van der Waals surface area contributed by atoms with E-state index in [9.17, 15) is 9.90 Å². The molecule has 0 atom stereocenters. The van der Waals surface area contributed by atoms with Crippen LogP contribution in [0.25, 0.3) is 0 Å². The van der Waals surface area contributed by atoms with E-state index in [-0.39, 0.29) is 5.91 Å². The topological polar surface area (TPSA) is 52.6 Å². The van der Waals surface area contributed by atoms with E-state index in [2.05, 4.69) is 11.4 Å². The number of anilines is 1. The molecule has 0 unspecified atom stereocenters. The lowest BCUT2D eigenvalue weighted by atomic mass is 9.99. The molecule has 0 fully saturated rings. The maximum Gasteiger partial charge on any atom is 0.227 e. The van der Waals surface area contributed by atoms with Gasteiger partial charge in [-0.25, -0.2) is 0 Å². The highest BCUT2D eigenvalue weighted by molar-refractivity contribution is 5.95. The molecule has 2 rings (SSSR count). The van der Waals surface area contributed by atoms with Crippen LogP contribution in [0.2, 0.25) is 0 Å². The van der Waals surface area contributed by atoms with E-state index in [0.717, 1.165) is 18.7 Å². The molecule has 2 N–H and O–H groups in total. The first-order valence-electron chi connectivity index (χ1n) is 6.68. The van der Waals surface area contributed by atoms with Gasteiger partial charge in [0, 0.05) is 32.2 Å². The lowest BCUT2D eigenvalue weighted by molar-refractivity contribution is -0.118. The van der Waals surface area contributed by atoms with Crippen molar-refractivity contribution in [2.45, 2.75) is 38.8 Å². The molecule has 0 saturated carbocycles. The Morgan fingerprint density at radius 1 is 1.37 bits per heavy atom. The summed E-state index contributed by atoms with van der Waals surface area (Å²) in [6, 6.07) is 6.19. The molecule has 0 saturated heterocycles. The molecule has 1 aliphatic heterocycles. The summed E-state index contributed by atoms with van der Waals surface area (Å²) < 4.78 is 0. The average Bonchev–Trinajstić information content (AvgIpc) is 2.32.